The SMILES string of the molecule is Cc1cc(-c2ncc(-c3cc(Cl)ccc3O)s2)c2ncc(OC(F)F)nc2c1. The molecule has 9 heteroatoms. The number of rotatable bonds is 4. The Labute approximate surface area is 167 Å². The number of nitrogens with zero attached hydrogens (tertiary/aromatic N) is 3. The summed E-state index contributed by atoms with van der Waals surface area (Å²) in [5.41, 5.74) is 3.10. The molecule has 142 valence electrons. The normalized spacial score (nSPS) is 11.3. The van der Waals surface area contributed by atoms with E-state index in [1.807, 2.05) is 13.0 Å². The van der Waals surface area contributed by atoms with Crippen LogP contribution in [-0.4, -0.2) is 26.7 Å². The van der Waals surface area contributed by atoms with E-state index in [9.17, 15) is 13.9 Å². The average Bonchev–Trinajstić information content (AvgIpc) is 3.12. The van der Waals surface area contributed by atoms with Gasteiger partial charge in [-0.25, -0.2) is 15.0 Å². The Hall–Kier alpha value is -2.84. The van der Waals surface area contributed by atoms with Crippen molar-refractivity contribution in [2.45, 2.75) is 13.5 Å². The molecule has 0 saturated carbocycles. The number of alkyl halides is 2. The maximum Gasteiger partial charge on any atom is 0.388 e. The van der Waals surface area contributed by atoms with Gasteiger partial charge in [-0.3, -0.25) is 0 Å². The Bertz CT molecular complexity index is 1180. The molecule has 0 aliphatic carbocycles. The van der Waals surface area contributed by atoms with E-state index in [1.54, 1.807) is 24.4 Å². The smallest absolute Gasteiger partial charge is 0.388 e. The monoisotopic (exact) mass is 419 g/mol. The minimum Gasteiger partial charge on any atom is -0.507 e. The highest BCUT2D eigenvalue weighted by Crippen LogP contribution is 2.39. The third-order valence-corrected chi connectivity index (χ3v) is 5.24. The molecular weight excluding hydrogens is 408 g/mol. The minimum atomic E-state index is -2.97. The maximum absolute atomic E-state index is 12.4. The molecule has 2 heterocycles. The lowest BCUT2D eigenvalue weighted by atomic mass is 10.1. The predicted octanol–water partition coefficient (Wildman–Crippen LogP) is 5.69. The van der Waals surface area contributed by atoms with E-state index >= 15 is 0 Å². The number of hydrogen-bond acceptors (Lipinski definition) is 6. The second-order valence-electron chi connectivity index (χ2n) is 5.96. The molecule has 0 aliphatic rings. The molecule has 0 aliphatic heterocycles. The molecule has 0 bridgehead atoms. The fraction of sp³-hybridized carbons (Fsp3) is 0.105. The van der Waals surface area contributed by atoms with Gasteiger partial charge in [-0.15, -0.1) is 11.3 Å². The summed E-state index contributed by atoms with van der Waals surface area (Å²) in [6.07, 6.45) is 2.80. The van der Waals surface area contributed by atoms with E-state index < -0.39 is 6.61 Å². The second kappa shape index (κ2) is 7.29. The zero-order valence-electron chi connectivity index (χ0n) is 14.4. The molecule has 0 fully saturated rings. The topological polar surface area (TPSA) is 68.1 Å². The lowest BCUT2D eigenvalue weighted by Crippen LogP contribution is -2.04. The van der Waals surface area contributed by atoms with Crippen LogP contribution in [0.1, 0.15) is 5.56 Å². The quantitative estimate of drug-likeness (QED) is 0.460. The highest BCUT2D eigenvalue weighted by atomic mass is 35.5. The van der Waals surface area contributed by atoms with Crippen LogP contribution in [0.4, 0.5) is 8.78 Å². The molecule has 0 unspecified atom stereocenters. The van der Waals surface area contributed by atoms with E-state index in [4.69, 9.17) is 11.6 Å². The first-order valence-electron chi connectivity index (χ1n) is 8.08. The van der Waals surface area contributed by atoms with E-state index in [0.717, 1.165) is 16.6 Å². The van der Waals surface area contributed by atoms with Gasteiger partial charge in [-0.1, -0.05) is 11.6 Å². The van der Waals surface area contributed by atoms with Gasteiger partial charge in [0.1, 0.15) is 10.8 Å². The van der Waals surface area contributed by atoms with Crippen molar-refractivity contribution in [1.82, 2.24) is 15.0 Å². The Morgan fingerprint density at radius 1 is 1.11 bits per heavy atom. The van der Waals surface area contributed by atoms with Crippen LogP contribution in [0.25, 0.3) is 32.0 Å². The summed E-state index contributed by atoms with van der Waals surface area (Å²) in [6, 6.07) is 8.42. The lowest BCUT2D eigenvalue weighted by Gasteiger charge is -2.07. The number of aromatic hydroxyl groups is 1. The van der Waals surface area contributed by atoms with Crippen molar-refractivity contribution in [3.8, 4) is 32.6 Å². The van der Waals surface area contributed by atoms with Gasteiger partial charge in [0.2, 0.25) is 5.88 Å². The van der Waals surface area contributed by atoms with Crippen LogP contribution in [0.15, 0.2) is 42.7 Å². The largest absolute Gasteiger partial charge is 0.507 e. The fourth-order valence-corrected chi connectivity index (χ4v) is 3.92. The summed E-state index contributed by atoms with van der Waals surface area (Å²) in [6.45, 7) is -1.11. The van der Waals surface area contributed by atoms with Crippen molar-refractivity contribution in [3.63, 3.8) is 0 Å². The summed E-state index contributed by atoms with van der Waals surface area (Å²) in [4.78, 5) is 13.5. The Balaban J connectivity index is 1.81. The van der Waals surface area contributed by atoms with Crippen molar-refractivity contribution in [2.75, 3.05) is 0 Å². The molecule has 4 aromatic rings. The van der Waals surface area contributed by atoms with Gasteiger partial charge in [0.05, 0.1) is 22.1 Å². The van der Waals surface area contributed by atoms with Crippen LogP contribution in [0, 0.1) is 6.92 Å². The third-order valence-electron chi connectivity index (χ3n) is 3.94. The summed E-state index contributed by atoms with van der Waals surface area (Å²) >= 11 is 7.38. The van der Waals surface area contributed by atoms with E-state index in [1.165, 1.54) is 17.4 Å². The molecule has 4 rings (SSSR count). The molecule has 0 saturated heterocycles. The number of aryl methyl sites for hydroxylation is 1. The molecular formula is C19H12ClF2N3O2S. The summed E-state index contributed by atoms with van der Waals surface area (Å²) < 4.78 is 29.2. The molecule has 0 atom stereocenters. The van der Waals surface area contributed by atoms with Gasteiger partial charge < -0.3 is 9.84 Å². The number of phenolic OH excluding ortho intramolecular Hbond substituents is 1. The Morgan fingerprint density at radius 3 is 2.71 bits per heavy atom. The van der Waals surface area contributed by atoms with Gasteiger partial charge in [0.25, 0.3) is 0 Å². The molecule has 0 amide bonds. The Kier molecular flexibility index (Phi) is 4.82. The Morgan fingerprint density at radius 2 is 1.93 bits per heavy atom. The zero-order chi connectivity index (χ0) is 19.8. The summed E-state index contributed by atoms with van der Waals surface area (Å²) in [5, 5.41) is 11.3. The number of hydrogen-bond donors (Lipinski definition) is 1. The molecule has 1 N–H and O–H groups in total. The standard InChI is InChI=1S/C19H12ClF2N3O2S/c1-9-4-12(17-13(5-9)25-16(8-23-17)27-19(21)22)18-24-7-15(28-18)11-6-10(20)2-3-14(11)26/h2-8,19,26H,1H3. The van der Waals surface area contributed by atoms with Gasteiger partial charge in [-0.05, 0) is 42.8 Å². The van der Waals surface area contributed by atoms with Crippen LogP contribution in [0.3, 0.4) is 0 Å². The summed E-state index contributed by atoms with van der Waals surface area (Å²) in [5.74, 6) is -0.148. The van der Waals surface area contributed by atoms with Crippen LogP contribution in [0.2, 0.25) is 5.02 Å². The first-order chi connectivity index (χ1) is 13.4. The van der Waals surface area contributed by atoms with E-state index in [-0.39, 0.29) is 11.6 Å². The maximum atomic E-state index is 12.4. The molecule has 5 nitrogen and oxygen atoms in total. The second-order valence-corrected chi connectivity index (χ2v) is 7.43. The fourth-order valence-electron chi connectivity index (χ4n) is 2.79. The van der Waals surface area contributed by atoms with Crippen LogP contribution >= 0.6 is 22.9 Å². The number of benzene rings is 2. The molecule has 2 aromatic carbocycles. The highest BCUT2D eigenvalue weighted by molar-refractivity contribution is 7.18. The summed E-state index contributed by atoms with van der Waals surface area (Å²) in [7, 11) is 0. The average molecular weight is 420 g/mol. The number of thiazole rings is 1. The molecule has 0 spiro atoms. The lowest BCUT2D eigenvalue weighted by molar-refractivity contribution is -0.0528. The first-order valence-corrected chi connectivity index (χ1v) is 9.27. The number of aromatic nitrogens is 3. The van der Waals surface area contributed by atoms with Crippen molar-refractivity contribution in [2.24, 2.45) is 0 Å². The number of halogens is 3. The first kappa shape index (κ1) is 18.5. The zero-order valence-corrected chi connectivity index (χ0v) is 15.9. The van der Waals surface area contributed by atoms with Crippen LogP contribution < -0.4 is 4.74 Å². The van der Waals surface area contributed by atoms with Gasteiger partial charge in [0.15, 0.2) is 0 Å². The molecule has 2 aromatic heterocycles. The minimum absolute atomic E-state index is 0.0993. The van der Waals surface area contributed by atoms with Gasteiger partial charge >= 0.3 is 6.61 Å². The van der Waals surface area contributed by atoms with Crippen molar-refractivity contribution < 1.29 is 18.6 Å². The van der Waals surface area contributed by atoms with Crippen molar-refractivity contribution >= 4 is 34.0 Å². The van der Waals surface area contributed by atoms with Crippen LogP contribution in [-0.2, 0) is 0 Å². The molecule has 28 heavy (non-hydrogen) atoms. The third kappa shape index (κ3) is 3.61. The predicted molar refractivity (Wildman–Crippen MR) is 104 cm³/mol. The van der Waals surface area contributed by atoms with Crippen molar-refractivity contribution in [1.29, 1.82) is 0 Å². The van der Waals surface area contributed by atoms with Gasteiger partial charge in [0, 0.05) is 22.3 Å². The molecule has 0 radical (unpaired) electrons. The van der Waals surface area contributed by atoms with Crippen molar-refractivity contribution in [3.05, 3.63) is 53.3 Å². The number of fused-ring (bicyclic) bond motifs is 1. The number of phenols is 1. The number of ether oxygens (including phenoxy) is 1. The van der Waals surface area contributed by atoms with Gasteiger partial charge in [-0.2, -0.15) is 8.78 Å². The van der Waals surface area contributed by atoms with E-state index in [0.29, 0.717) is 32.2 Å². The highest BCUT2D eigenvalue weighted by Gasteiger charge is 2.16. The van der Waals surface area contributed by atoms with E-state index in [2.05, 4.69) is 19.7 Å². The van der Waals surface area contributed by atoms with Crippen LogP contribution in [0.5, 0.6) is 11.6 Å².